The Morgan fingerprint density at radius 2 is 1.48 bits per heavy atom. The van der Waals surface area contributed by atoms with Gasteiger partial charge in [-0.05, 0) is 36.8 Å². The number of rotatable bonds is 12. The first kappa shape index (κ1) is 29.3. The molecule has 0 radical (unpaired) electrons. The fourth-order valence-corrected chi connectivity index (χ4v) is 1.66. The standard InChI is InChI=1S/C21H27NO2.C2H6.CH4/c1-5-8-10-19(15-16-22-4)12-14-21(24)17-20(23)13-11-18(7-3)9-6-2;1-2;/h6-15,22H,2-3,5,16-17H2,1,4H3;1-2H3;1H4/b10-8-,13-11+,14-12+,18-9+,19-15+;;. The van der Waals surface area contributed by atoms with Gasteiger partial charge >= 0.3 is 0 Å². The van der Waals surface area contributed by atoms with Crippen molar-refractivity contribution in [1.29, 1.82) is 0 Å². The maximum Gasteiger partial charge on any atom is 0.163 e. The summed E-state index contributed by atoms with van der Waals surface area (Å²) in [6, 6.07) is 0. The summed E-state index contributed by atoms with van der Waals surface area (Å²) < 4.78 is 0. The van der Waals surface area contributed by atoms with Crippen LogP contribution in [0.15, 0.2) is 85.1 Å². The molecule has 0 amide bonds. The summed E-state index contributed by atoms with van der Waals surface area (Å²) in [5.41, 5.74) is 1.70. The Bertz CT molecular complexity index is 588. The summed E-state index contributed by atoms with van der Waals surface area (Å²) >= 11 is 0. The highest BCUT2D eigenvalue weighted by Crippen LogP contribution is 2.03. The highest BCUT2D eigenvalue weighted by molar-refractivity contribution is 6.08. The third kappa shape index (κ3) is 18.1. The van der Waals surface area contributed by atoms with E-state index in [-0.39, 0.29) is 25.4 Å². The summed E-state index contributed by atoms with van der Waals surface area (Å²) in [5.74, 6) is -0.468. The zero-order valence-corrected chi connectivity index (χ0v) is 16.6. The number of nitrogens with one attached hydrogen (secondary N) is 1. The molecule has 0 aromatic heterocycles. The molecule has 0 aromatic carbocycles. The Labute approximate surface area is 166 Å². The van der Waals surface area contributed by atoms with E-state index in [1.807, 2.05) is 46.0 Å². The van der Waals surface area contributed by atoms with Crippen LogP contribution in [0.3, 0.4) is 0 Å². The van der Waals surface area contributed by atoms with Gasteiger partial charge in [0.15, 0.2) is 11.6 Å². The van der Waals surface area contributed by atoms with E-state index in [1.54, 1.807) is 30.4 Å². The summed E-state index contributed by atoms with van der Waals surface area (Å²) in [4.78, 5) is 23.7. The average molecular weight is 372 g/mol. The predicted octanol–water partition coefficient (Wildman–Crippen LogP) is 5.70. The van der Waals surface area contributed by atoms with Crippen molar-refractivity contribution < 1.29 is 9.59 Å². The molecule has 1 N–H and O–H groups in total. The van der Waals surface area contributed by atoms with Crippen LogP contribution < -0.4 is 5.32 Å². The minimum Gasteiger partial charge on any atom is -0.316 e. The van der Waals surface area contributed by atoms with Gasteiger partial charge in [-0.15, -0.1) is 0 Å². The lowest BCUT2D eigenvalue weighted by molar-refractivity contribution is -0.121. The number of likely N-dealkylation sites (N-methyl/N-ethyl adjacent to an activating group) is 1. The van der Waals surface area contributed by atoms with Gasteiger partial charge in [0.2, 0.25) is 0 Å². The lowest BCUT2D eigenvalue weighted by atomic mass is 10.1. The van der Waals surface area contributed by atoms with E-state index >= 15 is 0 Å². The first-order valence-corrected chi connectivity index (χ1v) is 8.95. The van der Waals surface area contributed by atoms with Crippen LogP contribution in [-0.2, 0) is 9.59 Å². The van der Waals surface area contributed by atoms with Crippen molar-refractivity contribution >= 4 is 11.6 Å². The zero-order valence-electron chi connectivity index (χ0n) is 16.6. The van der Waals surface area contributed by atoms with Crippen molar-refractivity contribution in [2.75, 3.05) is 13.6 Å². The van der Waals surface area contributed by atoms with Gasteiger partial charge in [-0.25, -0.2) is 0 Å². The molecular formula is C24H37NO2. The molecule has 150 valence electrons. The Morgan fingerprint density at radius 1 is 0.926 bits per heavy atom. The fourth-order valence-electron chi connectivity index (χ4n) is 1.66. The van der Waals surface area contributed by atoms with Crippen molar-refractivity contribution in [1.82, 2.24) is 5.32 Å². The largest absolute Gasteiger partial charge is 0.316 e. The SMILES string of the molecule is C.C=C/C=C(C=C)/C=C/C(=O)CC(=O)/C=C/C(/C=C\CC)=C/CNC.CC. The van der Waals surface area contributed by atoms with E-state index in [0.29, 0.717) is 6.54 Å². The fraction of sp³-hybridized carbons (Fsp3) is 0.333. The second kappa shape index (κ2) is 21.5. The second-order valence-corrected chi connectivity index (χ2v) is 4.95. The van der Waals surface area contributed by atoms with E-state index in [9.17, 15) is 9.59 Å². The van der Waals surface area contributed by atoms with Gasteiger partial charge in [-0.3, -0.25) is 9.59 Å². The number of allylic oxidation sites excluding steroid dienone is 11. The molecule has 0 rings (SSSR count). The molecule has 0 aromatic rings. The maximum atomic E-state index is 11.9. The minimum atomic E-state index is -0.244. The quantitative estimate of drug-likeness (QED) is 0.272. The molecule has 3 heteroatoms. The van der Waals surface area contributed by atoms with Crippen LogP contribution in [0.5, 0.6) is 0 Å². The number of hydrogen-bond donors (Lipinski definition) is 1. The van der Waals surface area contributed by atoms with E-state index < -0.39 is 0 Å². The molecule has 0 aliphatic carbocycles. The Hall–Kier alpha value is -2.52. The maximum absolute atomic E-state index is 11.9. The van der Waals surface area contributed by atoms with Gasteiger partial charge < -0.3 is 5.32 Å². The first-order chi connectivity index (χ1) is 12.6. The van der Waals surface area contributed by atoms with Crippen LogP contribution in [0.25, 0.3) is 0 Å². The third-order valence-corrected chi connectivity index (χ3v) is 2.91. The normalized spacial score (nSPS) is 11.9. The van der Waals surface area contributed by atoms with E-state index in [0.717, 1.165) is 17.6 Å². The summed E-state index contributed by atoms with van der Waals surface area (Å²) in [5, 5.41) is 3.02. The molecule has 27 heavy (non-hydrogen) atoms. The van der Waals surface area contributed by atoms with Gasteiger partial charge in [-0.1, -0.05) is 90.0 Å². The molecule has 0 fully saturated rings. The molecule has 3 nitrogen and oxygen atoms in total. The highest BCUT2D eigenvalue weighted by Gasteiger charge is 2.03. The van der Waals surface area contributed by atoms with Crippen molar-refractivity contribution in [3.05, 3.63) is 85.1 Å². The predicted molar refractivity (Wildman–Crippen MR) is 121 cm³/mol. The van der Waals surface area contributed by atoms with Crippen LogP contribution in [0.2, 0.25) is 0 Å². The molecule has 0 unspecified atom stereocenters. The first-order valence-electron chi connectivity index (χ1n) is 8.95. The van der Waals surface area contributed by atoms with Crippen LogP contribution in [0.4, 0.5) is 0 Å². The third-order valence-electron chi connectivity index (χ3n) is 2.91. The summed E-state index contributed by atoms with van der Waals surface area (Å²) in [6.45, 7) is 14.0. The van der Waals surface area contributed by atoms with Crippen molar-refractivity contribution in [3.63, 3.8) is 0 Å². The average Bonchev–Trinajstić information content (AvgIpc) is 2.66. The Balaban J connectivity index is -0.00000185. The molecular weight excluding hydrogens is 334 g/mol. The molecule has 0 spiro atoms. The lowest BCUT2D eigenvalue weighted by Crippen LogP contribution is -2.05. The van der Waals surface area contributed by atoms with Gasteiger partial charge in [0.05, 0.1) is 6.42 Å². The topological polar surface area (TPSA) is 46.2 Å². The number of ketones is 2. The summed E-state index contributed by atoms with van der Waals surface area (Å²) in [6.07, 6.45) is 17.9. The molecule has 0 aliphatic rings. The number of carbonyl (C=O) groups is 2. The second-order valence-electron chi connectivity index (χ2n) is 4.95. The molecule has 0 saturated heterocycles. The van der Waals surface area contributed by atoms with E-state index in [1.165, 1.54) is 12.2 Å². The van der Waals surface area contributed by atoms with Crippen molar-refractivity contribution in [2.24, 2.45) is 0 Å². The summed E-state index contributed by atoms with van der Waals surface area (Å²) in [7, 11) is 1.86. The molecule has 0 heterocycles. The Kier molecular flexibility index (Phi) is 23.3. The Morgan fingerprint density at radius 3 is 1.93 bits per heavy atom. The van der Waals surface area contributed by atoms with Gasteiger partial charge in [0, 0.05) is 6.54 Å². The lowest BCUT2D eigenvalue weighted by Gasteiger charge is -1.96. The van der Waals surface area contributed by atoms with Crippen LogP contribution in [0, 0.1) is 0 Å². The van der Waals surface area contributed by atoms with E-state index in [2.05, 4.69) is 18.5 Å². The minimum absolute atomic E-state index is 0. The van der Waals surface area contributed by atoms with Gasteiger partial charge in [-0.2, -0.15) is 0 Å². The molecule has 0 aliphatic heterocycles. The van der Waals surface area contributed by atoms with E-state index in [4.69, 9.17) is 0 Å². The number of hydrogen-bond acceptors (Lipinski definition) is 3. The van der Waals surface area contributed by atoms with Crippen LogP contribution in [0.1, 0.15) is 41.0 Å². The van der Waals surface area contributed by atoms with Crippen LogP contribution in [-0.4, -0.2) is 25.2 Å². The molecule has 0 saturated carbocycles. The molecule has 0 atom stereocenters. The van der Waals surface area contributed by atoms with Gasteiger partial charge in [0.25, 0.3) is 0 Å². The zero-order chi connectivity index (χ0) is 20.2. The number of carbonyl (C=O) groups excluding carboxylic acids is 2. The highest BCUT2D eigenvalue weighted by atomic mass is 16.1. The van der Waals surface area contributed by atoms with Gasteiger partial charge in [0.1, 0.15) is 0 Å². The molecule has 0 bridgehead atoms. The van der Waals surface area contributed by atoms with Crippen LogP contribution >= 0.6 is 0 Å². The monoisotopic (exact) mass is 371 g/mol. The van der Waals surface area contributed by atoms with Crippen molar-refractivity contribution in [2.45, 2.75) is 41.0 Å². The smallest absolute Gasteiger partial charge is 0.163 e. The van der Waals surface area contributed by atoms with Crippen molar-refractivity contribution in [3.8, 4) is 0 Å².